The molecule has 0 rings (SSSR count). The summed E-state index contributed by atoms with van der Waals surface area (Å²) in [4.78, 5) is 0. The number of rotatable bonds is 40. The molecule has 0 aromatic heterocycles. The van der Waals surface area contributed by atoms with Gasteiger partial charge < -0.3 is 17.9 Å². The van der Waals surface area contributed by atoms with Crippen LogP contribution in [0.4, 0.5) is 0 Å². The Kier molecular flexibility index (Phi) is 93.3. The maximum Gasteiger partial charge on any atom is -0.00000685 e. The Morgan fingerprint density at radius 2 is 0.241 bits per heavy atom. The van der Waals surface area contributed by atoms with Gasteiger partial charge in [-0.25, -0.2) is 6.99 Å². The van der Waals surface area contributed by atoms with Crippen molar-refractivity contribution in [3.63, 3.8) is 0 Å². The van der Waals surface area contributed by atoms with Crippen molar-refractivity contribution < 1.29 is 0 Å². The average Bonchev–Trinajstić information content (AvgIpc) is 3.26. The van der Waals surface area contributed by atoms with Crippen LogP contribution in [0.3, 0.4) is 0 Å². The highest BCUT2D eigenvalue weighted by Crippen LogP contribution is 3.52. The van der Waals surface area contributed by atoms with Crippen molar-refractivity contribution in [2.45, 2.75) is 0 Å². The quantitative estimate of drug-likeness (QED) is 0.0537. The van der Waals surface area contributed by atoms with Crippen LogP contribution in [0.25, 0.3) is 0 Å². The van der Waals surface area contributed by atoms with Gasteiger partial charge in [0.05, 0.1) is 0 Å². The van der Waals surface area contributed by atoms with E-state index in [1.54, 1.807) is 0 Å². The van der Waals surface area contributed by atoms with Crippen LogP contribution in [0.1, 0.15) is 0 Å². The van der Waals surface area contributed by atoms with Gasteiger partial charge >= 0.3 is 0 Å². The summed E-state index contributed by atoms with van der Waals surface area (Å²) in [5.41, 5.74) is 0. The van der Waals surface area contributed by atoms with Gasteiger partial charge in [-0.1, -0.05) is 6.99 Å². The molecule has 83 heteroatoms. The second-order valence-corrected chi connectivity index (χ2v) is 354. The lowest BCUT2D eigenvalue weighted by atomic mass is 28.4. The highest BCUT2D eigenvalue weighted by Gasteiger charge is 2.65. The third kappa shape index (κ3) is 42.0. The zero-order valence-electron chi connectivity index (χ0n) is 42.5. The van der Waals surface area contributed by atoms with E-state index in [0.29, 0.717) is 0 Å². The summed E-state index contributed by atoms with van der Waals surface area (Å²) in [7, 11) is 158. The van der Waals surface area contributed by atoms with Crippen molar-refractivity contribution in [1.82, 2.24) is 0 Å². The molecular formula is H83P83-2. The van der Waals surface area contributed by atoms with Crippen molar-refractivity contribution in [2.24, 2.45) is 0 Å². The molecule has 0 spiro atoms. The molecule has 0 N–H and O–H groups in total. The van der Waals surface area contributed by atoms with Gasteiger partial charge in [-0.15, -0.1) is 357 Å². The van der Waals surface area contributed by atoms with E-state index in [1.807, 2.05) is 0 Å². The minimum atomic E-state index is -0.509. The summed E-state index contributed by atoms with van der Waals surface area (Å²) >= 11 is 0. The predicted octanol–water partition coefficient (Wildman–Crippen LogP) is 49.3. The lowest BCUT2D eigenvalue weighted by Gasteiger charge is -2.63. The first-order valence-electron chi connectivity index (χ1n) is 18.8. The van der Waals surface area contributed by atoms with E-state index >= 15 is 0 Å². The van der Waals surface area contributed by atoms with Crippen LogP contribution in [0, 0.1) is 0 Å². The van der Waals surface area contributed by atoms with E-state index in [1.165, 1.54) is 0 Å². The molecule has 0 aromatic carbocycles. The van der Waals surface area contributed by atoms with Gasteiger partial charge in [0.2, 0.25) is 0 Å². The second-order valence-electron chi connectivity index (χ2n) is 13.1. The number of hydrogen-bond acceptors (Lipinski definition) is 0. The van der Waals surface area contributed by atoms with Gasteiger partial charge in [0.1, 0.15) is 0 Å². The molecule has 0 saturated carbocycles. The molecule has 0 bridgehead atoms. The van der Waals surface area contributed by atoms with Crippen LogP contribution in [0.2, 0.25) is 0 Å². The molecule has 83 heavy (non-hydrogen) atoms. The van der Waals surface area contributed by atoms with Crippen molar-refractivity contribution >= 4 is 662 Å². The van der Waals surface area contributed by atoms with Gasteiger partial charge in [0.25, 0.3) is 0 Å². The van der Waals surface area contributed by atoms with Crippen LogP contribution in [0.5, 0.6) is 0 Å². The predicted molar refractivity (Wildman–Crippen MR) is 690 cm³/mol. The molecule has 0 saturated heterocycles. The highest BCUT2D eigenvalue weighted by molar-refractivity contribution is 9.58. The third-order valence-corrected chi connectivity index (χ3v) is 592. The van der Waals surface area contributed by atoms with Gasteiger partial charge in [-0.2, -0.15) is 0 Å². The van der Waals surface area contributed by atoms with E-state index in [0.717, 1.165) is 7.96 Å². The normalized spacial score (nSPS) is 16.4. The molecular weight excluding hydrogens is 2570 g/mol. The van der Waals surface area contributed by atoms with E-state index in [2.05, 4.69) is 366 Å². The topological polar surface area (TPSA) is 0 Å². The molecule has 46 unspecified atom stereocenters. The maximum absolute atomic E-state index is 4.80. The van der Waals surface area contributed by atoms with Crippen molar-refractivity contribution in [3.05, 3.63) is 0 Å². The van der Waals surface area contributed by atoms with Gasteiger partial charge in [-0.05, 0) is 266 Å². The van der Waals surface area contributed by atoms with E-state index < -0.39 is 76.9 Å². The molecule has 500 valence electrons. The fourth-order valence-electron chi connectivity index (χ4n) is 5.03. The summed E-state index contributed by atoms with van der Waals surface area (Å²) in [6.07, 6.45) is 0. The Hall–Kier alpha value is 35.7. The first-order valence-corrected chi connectivity index (χ1v) is 169. The summed E-state index contributed by atoms with van der Waals surface area (Å²) in [6.45, 7) is -15.1. The largest absolute Gasteiger partial charge is 0.524 e. The number of hydrogen-bond donors (Lipinski definition) is 0. The van der Waals surface area contributed by atoms with Crippen LogP contribution in [-0.4, -0.2) is 0 Å². The highest BCUT2D eigenvalue weighted by atomic mass is 33.6. The summed E-state index contributed by atoms with van der Waals surface area (Å²) in [5, 5.41) is 0. The minimum absolute atomic E-state index is 0.333. The van der Waals surface area contributed by atoms with E-state index in [4.69, 9.17) is 8.93 Å². The monoisotopic (exact) mass is 2650 g/mol. The smallest absolute Gasteiger partial charge is 0.00000685 e. The Morgan fingerprint density at radius 1 is 0.145 bits per heavy atom. The molecule has 0 aliphatic rings. The third-order valence-electron chi connectivity index (χ3n) is 7.30. The molecule has 0 amide bonds. The van der Waals surface area contributed by atoms with Crippen molar-refractivity contribution in [3.8, 4) is 0 Å². The van der Waals surface area contributed by atoms with Gasteiger partial charge in [0.15, 0.2) is 0 Å². The second kappa shape index (κ2) is 65.3. The SMILES string of the molecule is [PH-]PP(P)P(P(P([PH-])P)P(P)P)P(P(P(P)P)P(P)P)P(P(P(P(P(P)P)P(P)P)P(P(P)P)P(P)P)P(P(P(P)P)P(P)P)P(P(P)P)P(P)P)P(P(P(P(P)P)P(P)P)P(P(P)P)P(P)P)P(P(P(P)P)P(P)P)P(P(P)P)P(P)P. The summed E-state index contributed by atoms with van der Waals surface area (Å²) < 4.78 is 0. The Morgan fingerprint density at radius 3 is 0.325 bits per heavy atom. The molecule has 46 atom stereocenters. The van der Waals surface area contributed by atoms with Crippen molar-refractivity contribution in [2.75, 3.05) is 0 Å². The van der Waals surface area contributed by atoms with Gasteiger partial charge in [-0.3, -0.25) is 7.96 Å². The fourth-order valence-corrected chi connectivity index (χ4v) is 1220. The average molecular weight is 2650 g/mol. The van der Waals surface area contributed by atoms with Crippen molar-refractivity contribution in [1.29, 1.82) is 0 Å². The molecule has 0 radical (unpaired) electrons. The molecule has 0 fully saturated rings. The fraction of sp³-hybridized carbons (Fsp3) is 0. The zero-order valence-corrected chi connectivity index (χ0v) is 127. The van der Waals surface area contributed by atoms with Crippen LogP contribution in [-0.2, 0) is 0 Å². The van der Waals surface area contributed by atoms with Crippen LogP contribution in [0.15, 0.2) is 0 Å². The lowest BCUT2D eigenvalue weighted by molar-refractivity contribution is 4.30. The zero-order chi connectivity index (χ0) is 65.8. The Bertz CT molecular complexity index is 1290. The first-order chi connectivity index (χ1) is 37.8. The van der Waals surface area contributed by atoms with Crippen LogP contribution < -0.4 is 0 Å². The Labute approximate surface area is 652 Å². The molecule has 0 aliphatic heterocycles. The summed E-state index contributed by atoms with van der Waals surface area (Å²) in [6, 6.07) is 0. The molecule has 0 heterocycles. The van der Waals surface area contributed by atoms with Crippen LogP contribution >= 0.6 is 662 Å². The molecule has 0 aliphatic carbocycles. The first kappa shape index (κ1) is 119. The molecule has 0 aromatic rings. The summed E-state index contributed by atoms with van der Waals surface area (Å²) in [5.74, 6) is 0. The lowest BCUT2D eigenvalue weighted by Crippen LogP contribution is -1.75. The van der Waals surface area contributed by atoms with Gasteiger partial charge in [0, 0.05) is 0 Å². The minimum Gasteiger partial charge on any atom is -0.524 e. The van der Waals surface area contributed by atoms with E-state index in [9.17, 15) is 0 Å². The van der Waals surface area contributed by atoms with E-state index in [-0.39, 0.29) is 203 Å². The maximum atomic E-state index is 4.80. The standard InChI is InChI=1S/H83P83/c1-43-64(42)75(65(44(2)3)45(4)5)80(74(62(38)39)63(40)41)83(81(76(66(46(6)7)47(8)9)67(48(10)11)49(12)13)77(68(50(14)15)51(16)17)69(52(18)19)53(20)21)82(78(70(54(22)23)55(24)25)71(56(26)27)57(28)29)79(72(58(30)31)59(32)33)73(60(34)35)61(36)37/h1-2,43H,3-42H2/q-2. The molecule has 0 nitrogen and oxygen atoms in total. The Balaban J connectivity index is 13.0.